The van der Waals surface area contributed by atoms with E-state index in [-0.39, 0.29) is 0 Å². The van der Waals surface area contributed by atoms with Crippen molar-refractivity contribution >= 4 is 16.6 Å². The highest BCUT2D eigenvalue weighted by Crippen LogP contribution is 2.21. The van der Waals surface area contributed by atoms with E-state index < -0.39 is 0 Å². The molecule has 0 saturated carbocycles. The zero-order valence-electron chi connectivity index (χ0n) is 12.4. The second-order valence-corrected chi connectivity index (χ2v) is 5.02. The maximum absolute atomic E-state index is 5.55. The van der Waals surface area contributed by atoms with E-state index in [0.717, 1.165) is 42.0 Å². The van der Waals surface area contributed by atoms with Crippen molar-refractivity contribution < 1.29 is 4.74 Å². The molecule has 5 nitrogen and oxygen atoms in total. The lowest BCUT2D eigenvalue weighted by molar-refractivity contribution is 0.126. The Morgan fingerprint density at radius 2 is 1.85 bits per heavy atom. The Bertz CT molecular complexity index is 557. The molecule has 0 unspecified atom stereocenters. The van der Waals surface area contributed by atoms with Crippen LogP contribution in [0.2, 0.25) is 0 Å². The van der Waals surface area contributed by atoms with Crippen LogP contribution in [0.1, 0.15) is 5.69 Å². The summed E-state index contributed by atoms with van der Waals surface area (Å²) in [5.74, 6) is 0.822. The lowest BCUT2D eigenvalue weighted by atomic mass is 10.1. The van der Waals surface area contributed by atoms with Crippen molar-refractivity contribution in [1.82, 2.24) is 15.1 Å². The first-order valence-corrected chi connectivity index (χ1v) is 6.87. The number of rotatable bonds is 7. The first-order valence-electron chi connectivity index (χ1n) is 6.87. The Labute approximate surface area is 119 Å². The Hall–Kier alpha value is -1.72. The summed E-state index contributed by atoms with van der Waals surface area (Å²) >= 11 is 0. The molecular formula is C15H22N4O. The highest BCUT2D eigenvalue weighted by molar-refractivity contribution is 5.92. The fourth-order valence-corrected chi connectivity index (χ4v) is 1.96. The number of likely N-dealkylation sites (N-methyl/N-ethyl adjacent to an activating group) is 1. The quantitative estimate of drug-likeness (QED) is 0.782. The summed E-state index contributed by atoms with van der Waals surface area (Å²) in [5.41, 5.74) is 0.952. The van der Waals surface area contributed by atoms with E-state index in [1.807, 2.05) is 33.2 Å². The SMILES string of the molecule is Cc1nnc(NCCOCCN(C)C)c2ccccc12. The van der Waals surface area contributed by atoms with E-state index >= 15 is 0 Å². The molecule has 1 heterocycles. The molecule has 2 rings (SSSR count). The summed E-state index contributed by atoms with van der Waals surface area (Å²) in [6.07, 6.45) is 0. The number of ether oxygens (including phenoxy) is 1. The van der Waals surface area contributed by atoms with Crippen LogP contribution < -0.4 is 5.32 Å². The van der Waals surface area contributed by atoms with Crippen LogP contribution >= 0.6 is 0 Å². The van der Waals surface area contributed by atoms with Crippen molar-refractivity contribution in [2.75, 3.05) is 45.7 Å². The van der Waals surface area contributed by atoms with Crippen LogP contribution in [0.4, 0.5) is 5.82 Å². The van der Waals surface area contributed by atoms with Crippen LogP contribution in [0.15, 0.2) is 24.3 Å². The van der Waals surface area contributed by atoms with Crippen molar-refractivity contribution in [2.45, 2.75) is 6.92 Å². The van der Waals surface area contributed by atoms with Gasteiger partial charge in [-0.05, 0) is 21.0 Å². The van der Waals surface area contributed by atoms with Gasteiger partial charge in [-0.15, -0.1) is 5.10 Å². The fraction of sp³-hybridized carbons (Fsp3) is 0.467. The molecule has 0 radical (unpaired) electrons. The number of aryl methyl sites for hydroxylation is 1. The molecule has 2 aromatic rings. The number of nitrogens with one attached hydrogen (secondary N) is 1. The van der Waals surface area contributed by atoms with Gasteiger partial charge in [-0.3, -0.25) is 0 Å². The third kappa shape index (κ3) is 3.88. The fourth-order valence-electron chi connectivity index (χ4n) is 1.96. The lowest BCUT2D eigenvalue weighted by Crippen LogP contribution is -2.20. The second kappa shape index (κ2) is 7.17. The summed E-state index contributed by atoms with van der Waals surface area (Å²) in [4.78, 5) is 2.10. The Morgan fingerprint density at radius 1 is 1.10 bits per heavy atom. The molecule has 1 aromatic carbocycles. The molecular weight excluding hydrogens is 252 g/mol. The highest BCUT2D eigenvalue weighted by atomic mass is 16.5. The van der Waals surface area contributed by atoms with Crippen molar-refractivity contribution in [2.24, 2.45) is 0 Å². The smallest absolute Gasteiger partial charge is 0.156 e. The molecule has 0 fully saturated rings. The van der Waals surface area contributed by atoms with E-state index in [9.17, 15) is 0 Å². The Balaban J connectivity index is 1.89. The number of hydrogen-bond donors (Lipinski definition) is 1. The molecule has 1 N–H and O–H groups in total. The lowest BCUT2D eigenvalue weighted by Gasteiger charge is -2.11. The zero-order chi connectivity index (χ0) is 14.4. The molecule has 0 spiro atoms. The summed E-state index contributed by atoms with van der Waals surface area (Å²) in [7, 11) is 4.07. The minimum absolute atomic E-state index is 0.664. The molecule has 0 aliphatic rings. The molecule has 0 amide bonds. The van der Waals surface area contributed by atoms with Crippen LogP contribution in [-0.4, -0.2) is 55.5 Å². The highest BCUT2D eigenvalue weighted by Gasteiger charge is 2.05. The largest absolute Gasteiger partial charge is 0.378 e. The van der Waals surface area contributed by atoms with E-state index in [1.54, 1.807) is 0 Å². The first kappa shape index (κ1) is 14.7. The van der Waals surface area contributed by atoms with Crippen molar-refractivity contribution in [3.63, 3.8) is 0 Å². The van der Waals surface area contributed by atoms with Gasteiger partial charge in [-0.1, -0.05) is 24.3 Å². The Kier molecular flexibility index (Phi) is 5.26. The monoisotopic (exact) mass is 274 g/mol. The van der Waals surface area contributed by atoms with Gasteiger partial charge in [0.25, 0.3) is 0 Å². The summed E-state index contributed by atoms with van der Waals surface area (Å²) in [6, 6.07) is 8.16. The molecule has 108 valence electrons. The van der Waals surface area contributed by atoms with E-state index in [0.29, 0.717) is 6.61 Å². The summed E-state index contributed by atoms with van der Waals surface area (Å²) in [6.45, 7) is 5.05. The number of aromatic nitrogens is 2. The molecule has 0 aliphatic carbocycles. The van der Waals surface area contributed by atoms with Gasteiger partial charge in [0, 0.05) is 23.9 Å². The third-order valence-electron chi connectivity index (χ3n) is 3.09. The predicted octanol–water partition coefficient (Wildman–Crippen LogP) is 1.93. The topological polar surface area (TPSA) is 50.3 Å². The van der Waals surface area contributed by atoms with Crippen LogP contribution in [0.5, 0.6) is 0 Å². The van der Waals surface area contributed by atoms with Gasteiger partial charge in [0.05, 0.1) is 18.9 Å². The number of fused-ring (bicyclic) bond motifs is 1. The molecule has 0 aliphatic heterocycles. The molecule has 5 heteroatoms. The van der Waals surface area contributed by atoms with Crippen LogP contribution in [0.25, 0.3) is 10.8 Å². The molecule has 0 bridgehead atoms. The number of nitrogens with zero attached hydrogens (tertiary/aromatic N) is 3. The molecule has 0 atom stereocenters. The minimum atomic E-state index is 0.664. The number of benzene rings is 1. The second-order valence-electron chi connectivity index (χ2n) is 5.02. The van der Waals surface area contributed by atoms with Gasteiger partial charge >= 0.3 is 0 Å². The van der Waals surface area contributed by atoms with Gasteiger partial charge in [0.2, 0.25) is 0 Å². The van der Waals surface area contributed by atoms with Gasteiger partial charge in [-0.2, -0.15) is 5.10 Å². The predicted molar refractivity (Wildman–Crippen MR) is 82.1 cm³/mol. The van der Waals surface area contributed by atoms with Crippen molar-refractivity contribution in [3.05, 3.63) is 30.0 Å². The third-order valence-corrected chi connectivity index (χ3v) is 3.09. The van der Waals surface area contributed by atoms with Gasteiger partial charge in [-0.25, -0.2) is 0 Å². The van der Waals surface area contributed by atoms with Crippen LogP contribution in [0.3, 0.4) is 0 Å². The van der Waals surface area contributed by atoms with Gasteiger partial charge < -0.3 is 15.0 Å². The average molecular weight is 274 g/mol. The van der Waals surface area contributed by atoms with Crippen LogP contribution in [0, 0.1) is 6.92 Å². The van der Waals surface area contributed by atoms with Gasteiger partial charge in [0.1, 0.15) is 0 Å². The van der Waals surface area contributed by atoms with E-state index in [4.69, 9.17) is 4.74 Å². The Morgan fingerprint density at radius 3 is 2.60 bits per heavy atom. The number of anilines is 1. The maximum Gasteiger partial charge on any atom is 0.156 e. The number of hydrogen-bond acceptors (Lipinski definition) is 5. The van der Waals surface area contributed by atoms with Crippen LogP contribution in [-0.2, 0) is 4.74 Å². The standard InChI is InChI=1S/C15H22N4O/c1-12-13-6-4-5-7-14(13)15(18-17-12)16-8-10-20-11-9-19(2)3/h4-7H,8-11H2,1-3H3,(H,16,18). The molecule has 20 heavy (non-hydrogen) atoms. The maximum atomic E-state index is 5.55. The van der Waals surface area contributed by atoms with Gasteiger partial charge in [0.15, 0.2) is 5.82 Å². The first-order chi connectivity index (χ1) is 9.68. The van der Waals surface area contributed by atoms with Crippen molar-refractivity contribution in [1.29, 1.82) is 0 Å². The summed E-state index contributed by atoms with van der Waals surface area (Å²) in [5, 5.41) is 13.9. The molecule has 0 saturated heterocycles. The zero-order valence-corrected chi connectivity index (χ0v) is 12.4. The van der Waals surface area contributed by atoms with Crippen molar-refractivity contribution in [3.8, 4) is 0 Å². The summed E-state index contributed by atoms with van der Waals surface area (Å²) < 4.78 is 5.55. The average Bonchev–Trinajstić information content (AvgIpc) is 2.45. The normalized spacial score (nSPS) is 11.2. The van der Waals surface area contributed by atoms with E-state index in [1.165, 1.54) is 0 Å². The van der Waals surface area contributed by atoms with E-state index in [2.05, 4.69) is 32.5 Å². The molecule has 1 aromatic heterocycles. The minimum Gasteiger partial charge on any atom is -0.378 e.